The van der Waals surface area contributed by atoms with Crippen molar-refractivity contribution in [2.24, 2.45) is 5.92 Å². The fourth-order valence-electron chi connectivity index (χ4n) is 3.02. The molecule has 0 radical (unpaired) electrons. The van der Waals surface area contributed by atoms with E-state index in [1.165, 1.54) is 28.5 Å². The van der Waals surface area contributed by atoms with Gasteiger partial charge in [0, 0.05) is 6.54 Å². The van der Waals surface area contributed by atoms with Crippen molar-refractivity contribution in [1.29, 1.82) is 10.8 Å². The van der Waals surface area contributed by atoms with Crippen molar-refractivity contribution < 1.29 is 9.90 Å². The lowest BCUT2D eigenvalue weighted by atomic mass is 10.0. The summed E-state index contributed by atoms with van der Waals surface area (Å²) < 4.78 is -1.09. The molecule has 0 saturated heterocycles. The maximum Gasteiger partial charge on any atom is 0.319 e. The summed E-state index contributed by atoms with van der Waals surface area (Å²) in [6.45, 7) is 7.78. The van der Waals surface area contributed by atoms with E-state index in [1.807, 2.05) is 6.07 Å². The quantitative estimate of drug-likeness (QED) is 0.336. The lowest BCUT2D eigenvalue weighted by molar-refractivity contribution is -0.138. The van der Waals surface area contributed by atoms with Crippen LogP contribution in [0.3, 0.4) is 0 Å². The molecule has 3 N–H and O–H groups in total. The third kappa shape index (κ3) is 5.47. The molecule has 2 rings (SSSR count). The van der Waals surface area contributed by atoms with Gasteiger partial charge in [-0.1, -0.05) is 48.5 Å². The topological polar surface area (TPSA) is 88.2 Å². The van der Waals surface area contributed by atoms with Crippen molar-refractivity contribution in [3.63, 3.8) is 0 Å². The Balaban J connectivity index is 2.46. The van der Waals surface area contributed by atoms with Crippen molar-refractivity contribution in [2.75, 3.05) is 6.54 Å². The highest BCUT2D eigenvalue weighted by atomic mass is 79.9. The minimum atomic E-state index is -1.14. The van der Waals surface area contributed by atoms with E-state index in [9.17, 15) is 9.90 Å². The number of amidine groups is 2. The van der Waals surface area contributed by atoms with Gasteiger partial charge in [-0.25, -0.2) is 0 Å². The van der Waals surface area contributed by atoms with Gasteiger partial charge in [-0.05, 0) is 77.9 Å². The van der Waals surface area contributed by atoms with Crippen LogP contribution in [0.4, 0.5) is 0 Å². The van der Waals surface area contributed by atoms with Crippen LogP contribution in [0.15, 0.2) is 24.3 Å². The summed E-state index contributed by atoms with van der Waals surface area (Å²) in [5.41, 5.74) is 2.52. The third-order valence-electron chi connectivity index (χ3n) is 5.05. The van der Waals surface area contributed by atoms with Gasteiger partial charge in [0.1, 0.15) is 4.75 Å². The number of thioether (sulfide) groups is 1. The summed E-state index contributed by atoms with van der Waals surface area (Å²) in [4.78, 5) is 12.9. The molecule has 152 valence electrons. The molecule has 0 atom stereocenters. The number of nitrogens with one attached hydrogen (secondary N) is 2. The average Bonchev–Trinajstić information content (AvgIpc) is 3.46. The number of benzene rings is 1. The highest BCUT2D eigenvalue weighted by Gasteiger charge is 2.32. The zero-order chi connectivity index (χ0) is 21.1. The maximum atomic E-state index is 11.4. The molecule has 7 heteroatoms. The molecule has 0 aromatic heterocycles. The van der Waals surface area contributed by atoms with E-state index < -0.39 is 10.7 Å². The monoisotopic (exact) mass is 465 g/mol. The second-order valence-electron chi connectivity index (χ2n) is 7.56. The molecule has 0 bridgehead atoms. The number of hydrogen-bond acceptors (Lipinski definition) is 4. The molecule has 1 aromatic rings. The first kappa shape index (κ1) is 22.7. The van der Waals surface area contributed by atoms with Crippen molar-refractivity contribution >= 4 is 54.7 Å². The molecule has 0 spiro atoms. The Kier molecular flexibility index (Phi) is 7.51. The van der Waals surface area contributed by atoms with Gasteiger partial charge in [0.25, 0.3) is 0 Å². The van der Waals surface area contributed by atoms with E-state index >= 15 is 0 Å². The standard InChI is InChI=1S/C21H28BrN3O2S/c1-5-14(17-9-7-6-8-16(17)13(2)15-10-11-15)12-25(19(22)23)20(24)28-21(3,4)18(26)27/h6-9,15,23-24H,5,10-12H2,1-4H3,(H,26,27)/b16-13+,17-14+,23-19?,24-20?. The largest absolute Gasteiger partial charge is 0.480 e. The van der Waals surface area contributed by atoms with Crippen LogP contribution in [0, 0.1) is 16.7 Å². The van der Waals surface area contributed by atoms with Crippen molar-refractivity contribution in [3.8, 4) is 0 Å². The summed E-state index contributed by atoms with van der Waals surface area (Å²) in [7, 11) is 0. The Hall–Kier alpha value is -1.60. The van der Waals surface area contributed by atoms with Gasteiger partial charge in [0.15, 0.2) is 9.91 Å². The predicted molar refractivity (Wildman–Crippen MR) is 122 cm³/mol. The smallest absolute Gasteiger partial charge is 0.319 e. The summed E-state index contributed by atoms with van der Waals surface area (Å²) in [5.74, 6) is -0.321. The fraction of sp³-hybridized carbons (Fsp3) is 0.476. The van der Waals surface area contributed by atoms with Gasteiger partial charge in [0.05, 0.1) is 0 Å². The van der Waals surface area contributed by atoms with E-state index in [0.29, 0.717) is 12.5 Å². The number of halogens is 1. The first-order valence-corrected chi connectivity index (χ1v) is 11.0. The van der Waals surface area contributed by atoms with Gasteiger partial charge >= 0.3 is 5.97 Å². The van der Waals surface area contributed by atoms with Crippen LogP contribution in [0.25, 0.3) is 11.1 Å². The van der Waals surface area contributed by atoms with E-state index in [2.05, 4.69) is 48.0 Å². The molecule has 1 aromatic carbocycles. The van der Waals surface area contributed by atoms with Crippen LogP contribution in [0.1, 0.15) is 47.0 Å². The molecule has 0 aliphatic heterocycles. The van der Waals surface area contributed by atoms with Gasteiger partial charge < -0.3 is 5.11 Å². The first-order chi connectivity index (χ1) is 13.1. The Labute approximate surface area is 179 Å². The fourth-order valence-corrected chi connectivity index (χ4v) is 4.28. The SMILES string of the molecule is CC/C(CN(C(=N)Br)C(=N)SC(C)(C)C(=O)O)=c1/cccc/c1=C(/C)C1CC1. The van der Waals surface area contributed by atoms with Crippen molar-refractivity contribution in [2.45, 2.75) is 51.7 Å². The molecule has 0 heterocycles. The van der Waals surface area contributed by atoms with E-state index in [-0.39, 0.29) is 9.91 Å². The zero-order valence-corrected chi connectivity index (χ0v) is 19.2. The van der Waals surface area contributed by atoms with Crippen molar-refractivity contribution in [3.05, 3.63) is 34.7 Å². The molecule has 5 nitrogen and oxygen atoms in total. The Morgan fingerprint density at radius 3 is 2.32 bits per heavy atom. The zero-order valence-electron chi connectivity index (χ0n) is 16.8. The van der Waals surface area contributed by atoms with Crippen LogP contribution >= 0.6 is 27.7 Å². The lowest BCUT2D eigenvalue weighted by Gasteiger charge is -2.27. The number of nitrogens with zero attached hydrogens (tertiary/aromatic N) is 1. The summed E-state index contributed by atoms with van der Waals surface area (Å²) >= 11 is 4.13. The second-order valence-corrected chi connectivity index (χ2v) is 9.92. The van der Waals surface area contributed by atoms with Crippen LogP contribution in [-0.4, -0.2) is 37.2 Å². The maximum absolute atomic E-state index is 11.4. The number of aliphatic carboxylic acids is 1. The molecule has 1 aliphatic rings. The molecule has 0 unspecified atom stereocenters. The highest BCUT2D eigenvalue weighted by molar-refractivity contribution is 9.18. The van der Waals surface area contributed by atoms with E-state index in [4.69, 9.17) is 10.8 Å². The minimum Gasteiger partial charge on any atom is -0.480 e. The molecule has 1 aliphatic carbocycles. The number of carboxylic acid groups (broad SMARTS) is 1. The molecule has 1 fully saturated rings. The number of carboxylic acids is 1. The van der Waals surface area contributed by atoms with E-state index in [1.54, 1.807) is 13.8 Å². The first-order valence-electron chi connectivity index (χ1n) is 9.39. The molecular formula is C21H28BrN3O2S. The van der Waals surface area contributed by atoms with Gasteiger partial charge in [-0.2, -0.15) is 0 Å². The van der Waals surface area contributed by atoms with Crippen LogP contribution in [-0.2, 0) is 4.79 Å². The van der Waals surface area contributed by atoms with Gasteiger partial charge in [0.2, 0.25) is 0 Å². The molecule has 0 amide bonds. The molecular weight excluding hydrogens is 438 g/mol. The minimum absolute atomic E-state index is 0.0422. The van der Waals surface area contributed by atoms with Crippen LogP contribution in [0.5, 0.6) is 0 Å². The highest BCUT2D eigenvalue weighted by Crippen LogP contribution is 2.36. The number of carbonyl (C=O) groups is 1. The Bertz CT molecular complexity index is 906. The third-order valence-corrected chi connectivity index (χ3v) is 6.57. The Morgan fingerprint density at radius 1 is 1.29 bits per heavy atom. The van der Waals surface area contributed by atoms with Gasteiger partial charge in [-0.15, -0.1) is 0 Å². The van der Waals surface area contributed by atoms with E-state index in [0.717, 1.165) is 29.0 Å². The number of rotatable bonds is 6. The summed E-state index contributed by atoms with van der Waals surface area (Å²) in [6, 6.07) is 8.33. The normalized spacial score (nSPS) is 16.3. The molecule has 1 saturated carbocycles. The van der Waals surface area contributed by atoms with Crippen molar-refractivity contribution in [1.82, 2.24) is 4.90 Å². The predicted octanol–water partition coefficient (Wildman–Crippen LogP) is 3.99. The Morgan fingerprint density at radius 2 is 1.86 bits per heavy atom. The average molecular weight is 466 g/mol. The molecule has 28 heavy (non-hydrogen) atoms. The number of hydrogen-bond donors (Lipinski definition) is 3. The second kappa shape index (κ2) is 9.27. The lowest BCUT2D eigenvalue weighted by Crippen LogP contribution is -2.40. The van der Waals surface area contributed by atoms with Crippen LogP contribution < -0.4 is 10.4 Å². The summed E-state index contributed by atoms with van der Waals surface area (Å²) in [6.07, 6.45) is 3.27. The van der Waals surface area contributed by atoms with Gasteiger partial charge in [-0.3, -0.25) is 20.5 Å². The summed E-state index contributed by atoms with van der Waals surface area (Å²) in [5, 5.41) is 28.3. The van der Waals surface area contributed by atoms with Crippen LogP contribution in [0.2, 0.25) is 0 Å².